The van der Waals surface area contributed by atoms with Crippen molar-refractivity contribution in [3.05, 3.63) is 0 Å². The van der Waals surface area contributed by atoms with E-state index in [4.69, 9.17) is 0 Å². The molecule has 0 aromatic heterocycles. The molecule has 0 aliphatic rings. The molecular formula is C16H40IN2+. The number of nitrogens with zero attached hydrogens (tertiary/aromatic N) is 1. The summed E-state index contributed by atoms with van der Waals surface area (Å²) in [4.78, 5) is 0. The average Bonchev–Trinajstić information content (AvgIpc) is 1.67. The van der Waals surface area contributed by atoms with Gasteiger partial charge in [-0.15, -0.1) is 24.0 Å². The first kappa shape index (κ1) is 24.7. The molecule has 0 heterocycles. The van der Waals surface area contributed by atoms with Gasteiger partial charge in [-0.1, -0.05) is 0 Å². The Bertz CT molecular complexity index is 208. The molecule has 0 fully saturated rings. The summed E-state index contributed by atoms with van der Waals surface area (Å²) in [5.41, 5.74) is 0.812. The molecule has 0 saturated heterocycles. The van der Waals surface area contributed by atoms with Gasteiger partial charge in [0.15, 0.2) is 0 Å². The summed E-state index contributed by atoms with van der Waals surface area (Å²) in [5.74, 6) is 0. The van der Waals surface area contributed by atoms with Crippen molar-refractivity contribution in [2.24, 2.45) is 0 Å². The lowest BCUT2D eigenvalue weighted by molar-refractivity contribution is -1.08. The fraction of sp³-hybridized carbons (Fsp3) is 1.00. The quantitative estimate of drug-likeness (QED) is 0.415. The maximum atomic E-state index is 2.38. The van der Waals surface area contributed by atoms with Crippen LogP contribution < -0.4 is 6.15 Å². The molecule has 0 saturated carbocycles. The molecule has 3 N–H and O–H groups in total. The highest BCUT2D eigenvalue weighted by atomic mass is 127. The van der Waals surface area contributed by atoms with Crippen LogP contribution in [0.1, 0.15) is 83.1 Å². The third-order valence-corrected chi connectivity index (χ3v) is 4.02. The van der Waals surface area contributed by atoms with Crippen molar-refractivity contribution in [3.8, 4) is 0 Å². The molecule has 3 heteroatoms. The summed E-state index contributed by atoms with van der Waals surface area (Å²) < 4.78 is 1.08. The van der Waals surface area contributed by atoms with Crippen LogP contribution in [0.5, 0.6) is 0 Å². The van der Waals surface area contributed by atoms with Gasteiger partial charge >= 0.3 is 0 Å². The maximum absolute atomic E-state index is 2.38. The molecule has 0 aromatic rings. The molecule has 19 heavy (non-hydrogen) atoms. The molecule has 120 valence electrons. The number of halogens is 1. The summed E-state index contributed by atoms with van der Waals surface area (Å²) in [6, 6.07) is 0. The Morgan fingerprint density at radius 1 is 0.421 bits per heavy atom. The Balaban J connectivity index is -0.00000128. The van der Waals surface area contributed by atoms with E-state index < -0.39 is 0 Å². The highest BCUT2D eigenvalue weighted by Gasteiger charge is 2.62. The fourth-order valence-electron chi connectivity index (χ4n) is 6.04. The van der Waals surface area contributed by atoms with Crippen molar-refractivity contribution in [1.29, 1.82) is 0 Å². The SMILES string of the molecule is CC(C)(C)[N+](C(C)(C)C)(C(C)(C)C)C(C)(C)C.I.N. The van der Waals surface area contributed by atoms with Gasteiger partial charge in [-0.3, -0.25) is 0 Å². The van der Waals surface area contributed by atoms with E-state index in [0.29, 0.717) is 0 Å². The van der Waals surface area contributed by atoms with E-state index in [9.17, 15) is 0 Å². The van der Waals surface area contributed by atoms with Crippen molar-refractivity contribution in [3.63, 3.8) is 0 Å². The first-order valence-electron chi connectivity index (χ1n) is 6.89. The third-order valence-electron chi connectivity index (χ3n) is 4.02. The molecule has 0 amide bonds. The third kappa shape index (κ3) is 3.85. The predicted octanol–water partition coefficient (Wildman–Crippen LogP) is 5.78. The Kier molecular flexibility index (Phi) is 8.03. The lowest BCUT2D eigenvalue weighted by Crippen LogP contribution is -2.82. The van der Waals surface area contributed by atoms with Crippen LogP contribution in [0, 0.1) is 0 Å². The molecule has 0 aromatic carbocycles. The first-order valence-corrected chi connectivity index (χ1v) is 6.89. The minimum absolute atomic E-state index is 0. The van der Waals surface area contributed by atoms with Gasteiger partial charge in [0.05, 0.1) is 22.2 Å². The molecule has 0 aliphatic carbocycles. The zero-order valence-electron chi connectivity index (χ0n) is 15.6. The van der Waals surface area contributed by atoms with Crippen LogP contribution in [-0.4, -0.2) is 26.6 Å². The van der Waals surface area contributed by atoms with Crippen molar-refractivity contribution in [2.45, 2.75) is 105 Å². The van der Waals surface area contributed by atoms with Gasteiger partial charge in [0.25, 0.3) is 0 Å². The highest BCUT2D eigenvalue weighted by Crippen LogP contribution is 2.50. The van der Waals surface area contributed by atoms with Crippen molar-refractivity contribution < 1.29 is 4.48 Å². The van der Waals surface area contributed by atoms with E-state index in [0.717, 1.165) is 4.48 Å². The number of rotatable bonds is 0. The number of hydrogen-bond acceptors (Lipinski definition) is 1. The fourth-order valence-corrected chi connectivity index (χ4v) is 6.04. The van der Waals surface area contributed by atoms with Crippen LogP contribution in [0.25, 0.3) is 0 Å². The van der Waals surface area contributed by atoms with Crippen molar-refractivity contribution in [2.75, 3.05) is 0 Å². The topological polar surface area (TPSA) is 35.0 Å². The van der Waals surface area contributed by atoms with E-state index in [-0.39, 0.29) is 52.3 Å². The largest absolute Gasteiger partial charge is 0.344 e. The molecular weight excluding hydrogens is 347 g/mol. The van der Waals surface area contributed by atoms with Gasteiger partial charge < -0.3 is 10.6 Å². The van der Waals surface area contributed by atoms with Gasteiger partial charge in [-0.05, 0) is 83.1 Å². The Labute approximate surface area is 139 Å². The van der Waals surface area contributed by atoms with Gasteiger partial charge in [-0.2, -0.15) is 0 Å². The Hall–Kier alpha value is 0.650. The van der Waals surface area contributed by atoms with Gasteiger partial charge in [0.2, 0.25) is 0 Å². The zero-order valence-corrected chi connectivity index (χ0v) is 17.9. The molecule has 0 bridgehead atoms. The Morgan fingerprint density at radius 3 is 0.526 bits per heavy atom. The Morgan fingerprint density at radius 2 is 0.526 bits per heavy atom. The van der Waals surface area contributed by atoms with Crippen LogP contribution in [0.15, 0.2) is 0 Å². The number of hydrogen-bond donors (Lipinski definition) is 1. The van der Waals surface area contributed by atoms with E-state index in [1.54, 1.807) is 0 Å². The summed E-state index contributed by atoms with van der Waals surface area (Å²) in [6.07, 6.45) is 0. The minimum Gasteiger partial charge on any atom is -0.344 e. The van der Waals surface area contributed by atoms with Crippen LogP contribution in [-0.2, 0) is 0 Å². The summed E-state index contributed by atoms with van der Waals surface area (Å²) in [6.45, 7) is 28.6. The van der Waals surface area contributed by atoms with Crippen molar-refractivity contribution in [1.82, 2.24) is 6.15 Å². The van der Waals surface area contributed by atoms with Gasteiger partial charge in [0.1, 0.15) is 0 Å². The van der Waals surface area contributed by atoms with Crippen LogP contribution in [0.3, 0.4) is 0 Å². The molecule has 0 radical (unpaired) electrons. The second kappa shape index (κ2) is 6.18. The van der Waals surface area contributed by atoms with E-state index >= 15 is 0 Å². The standard InChI is InChI=1S/C16H36N.HI.H3N/c1-13(2,3)17(14(4,5)6,15(7,8)9)16(10,11)12;;/h1-12H3;1H;1H3/q+1;;. The zero-order chi connectivity index (χ0) is 14.5. The molecule has 0 unspecified atom stereocenters. The second-order valence-electron chi connectivity index (χ2n) is 9.35. The maximum Gasteiger partial charge on any atom is 0.0918 e. The molecule has 0 spiro atoms. The van der Waals surface area contributed by atoms with E-state index in [1.807, 2.05) is 0 Å². The normalized spacial score (nSPS) is 14.5. The van der Waals surface area contributed by atoms with E-state index in [2.05, 4.69) is 83.1 Å². The van der Waals surface area contributed by atoms with Gasteiger partial charge in [0, 0.05) is 0 Å². The van der Waals surface area contributed by atoms with Gasteiger partial charge in [-0.25, -0.2) is 0 Å². The van der Waals surface area contributed by atoms with E-state index in [1.165, 1.54) is 0 Å². The second-order valence-corrected chi connectivity index (χ2v) is 9.35. The predicted molar refractivity (Wildman–Crippen MR) is 99.7 cm³/mol. The van der Waals surface area contributed by atoms with Crippen LogP contribution in [0.4, 0.5) is 0 Å². The molecule has 0 aliphatic heterocycles. The van der Waals surface area contributed by atoms with Crippen molar-refractivity contribution >= 4 is 24.0 Å². The molecule has 0 rings (SSSR count). The molecule has 2 nitrogen and oxygen atoms in total. The smallest absolute Gasteiger partial charge is 0.0918 e. The van der Waals surface area contributed by atoms with Crippen LogP contribution in [0.2, 0.25) is 0 Å². The first-order chi connectivity index (χ1) is 7.00. The highest BCUT2D eigenvalue weighted by molar-refractivity contribution is 14.0. The minimum atomic E-state index is 0. The summed E-state index contributed by atoms with van der Waals surface area (Å²) >= 11 is 0. The molecule has 0 atom stereocenters. The summed E-state index contributed by atoms with van der Waals surface area (Å²) in [5, 5.41) is 0. The lowest BCUT2D eigenvalue weighted by Gasteiger charge is -2.70. The van der Waals surface area contributed by atoms with Crippen LogP contribution >= 0.6 is 24.0 Å². The average molecular weight is 387 g/mol. The summed E-state index contributed by atoms with van der Waals surface area (Å²) in [7, 11) is 0. The number of quaternary nitrogens is 1. The monoisotopic (exact) mass is 387 g/mol. The lowest BCUT2D eigenvalue weighted by atomic mass is 9.75.